The normalized spacial score (nSPS) is 20.8. The number of rotatable bonds is 8. The van der Waals surface area contributed by atoms with Crippen molar-refractivity contribution < 1.29 is 9.47 Å². The zero-order chi connectivity index (χ0) is 20.5. The number of aliphatic imine (C=N–C) groups is 1. The van der Waals surface area contributed by atoms with E-state index < -0.39 is 0 Å². The van der Waals surface area contributed by atoms with Crippen molar-refractivity contribution in [2.45, 2.75) is 39.3 Å². The van der Waals surface area contributed by atoms with Crippen LogP contribution in [0.25, 0.3) is 0 Å². The maximum absolute atomic E-state index is 5.98. The Balaban J connectivity index is 0.00000320. The minimum Gasteiger partial charge on any atom is -0.379 e. The van der Waals surface area contributed by atoms with Crippen LogP contribution in [0.4, 0.5) is 0 Å². The van der Waals surface area contributed by atoms with Crippen LogP contribution in [0.3, 0.4) is 0 Å². The fourth-order valence-corrected chi connectivity index (χ4v) is 4.04. The van der Waals surface area contributed by atoms with Crippen molar-refractivity contribution in [3.63, 3.8) is 0 Å². The van der Waals surface area contributed by atoms with E-state index in [1.165, 1.54) is 5.56 Å². The third-order valence-corrected chi connectivity index (χ3v) is 5.87. The van der Waals surface area contributed by atoms with Crippen molar-refractivity contribution >= 4 is 29.9 Å². The predicted molar refractivity (Wildman–Crippen MR) is 134 cm³/mol. The molecule has 0 radical (unpaired) electrons. The van der Waals surface area contributed by atoms with Gasteiger partial charge in [-0.15, -0.1) is 24.0 Å². The number of hydrogen-bond donors (Lipinski definition) is 1. The lowest BCUT2D eigenvalue weighted by atomic mass is 10.0. The van der Waals surface area contributed by atoms with Crippen LogP contribution in [0, 0.1) is 5.92 Å². The highest BCUT2D eigenvalue weighted by molar-refractivity contribution is 14.0. The van der Waals surface area contributed by atoms with Gasteiger partial charge in [-0.1, -0.05) is 30.3 Å². The van der Waals surface area contributed by atoms with Crippen LogP contribution in [0.15, 0.2) is 35.3 Å². The van der Waals surface area contributed by atoms with Crippen LogP contribution >= 0.6 is 24.0 Å². The van der Waals surface area contributed by atoms with E-state index in [-0.39, 0.29) is 29.5 Å². The second-order valence-electron chi connectivity index (χ2n) is 8.68. The molecule has 2 saturated heterocycles. The molecule has 170 valence electrons. The van der Waals surface area contributed by atoms with E-state index in [0.717, 1.165) is 71.5 Å². The Labute approximate surface area is 199 Å². The van der Waals surface area contributed by atoms with Crippen molar-refractivity contribution in [3.8, 4) is 0 Å². The molecule has 0 spiro atoms. The zero-order valence-corrected chi connectivity index (χ0v) is 21.1. The number of nitrogens with one attached hydrogen (secondary N) is 1. The van der Waals surface area contributed by atoms with Crippen molar-refractivity contribution in [2.75, 3.05) is 59.1 Å². The molecule has 1 N–H and O–H groups in total. The van der Waals surface area contributed by atoms with Gasteiger partial charge in [-0.3, -0.25) is 9.89 Å². The van der Waals surface area contributed by atoms with Gasteiger partial charge in [0, 0.05) is 44.2 Å². The van der Waals surface area contributed by atoms with Gasteiger partial charge in [0.05, 0.1) is 33.0 Å². The molecule has 1 unspecified atom stereocenters. The van der Waals surface area contributed by atoms with Crippen LogP contribution in [-0.2, 0) is 16.1 Å². The third-order valence-electron chi connectivity index (χ3n) is 5.87. The highest BCUT2D eigenvalue weighted by Gasteiger charge is 2.29. The van der Waals surface area contributed by atoms with Gasteiger partial charge in [-0.25, -0.2) is 0 Å². The quantitative estimate of drug-likeness (QED) is 0.318. The van der Waals surface area contributed by atoms with Gasteiger partial charge in [0.15, 0.2) is 5.96 Å². The summed E-state index contributed by atoms with van der Waals surface area (Å²) in [5.41, 5.74) is 1.28. The van der Waals surface area contributed by atoms with Gasteiger partial charge >= 0.3 is 0 Å². The van der Waals surface area contributed by atoms with Gasteiger partial charge < -0.3 is 19.7 Å². The molecule has 0 amide bonds. The van der Waals surface area contributed by atoms with E-state index in [4.69, 9.17) is 14.5 Å². The number of guanidine groups is 1. The smallest absolute Gasteiger partial charge is 0.193 e. The summed E-state index contributed by atoms with van der Waals surface area (Å²) >= 11 is 0. The SMILES string of the molecule is CCNC(=NCC(C)(C)N1CCOCC1)N1CCC(COCc2ccccc2)C1.I. The average Bonchev–Trinajstić information content (AvgIpc) is 3.21. The monoisotopic (exact) mass is 530 g/mol. The Bertz CT molecular complexity index is 635. The van der Waals surface area contributed by atoms with Gasteiger partial charge in [0.25, 0.3) is 0 Å². The number of likely N-dealkylation sites (tertiary alicyclic amines) is 1. The molecule has 1 aromatic carbocycles. The topological polar surface area (TPSA) is 49.3 Å². The Hall–Kier alpha value is -0.900. The Morgan fingerprint density at radius 2 is 1.93 bits per heavy atom. The van der Waals surface area contributed by atoms with Crippen LogP contribution in [0.1, 0.15) is 32.8 Å². The van der Waals surface area contributed by atoms with E-state index >= 15 is 0 Å². The molecule has 2 aliphatic rings. The van der Waals surface area contributed by atoms with E-state index in [1.54, 1.807) is 0 Å². The summed E-state index contributed by atoms with van der Waals surface area (Å²) in [5.74, 6) is 1.61. The Morgan fingerprint density at radius 1 is 1.20 bits per heavy atom. The third kappa shape index (κ3) is 7.66. The van der Waals surface area contributed by atoms with Crippen LogP contribution in [0.5, 0.6) is 0 Å². The zero-order valence-electron chi connectivity index (χ0n) is 18.8. The summed E-state index contributed by atoms with van der Waals surface area (Å²) in [6, 6.07) is 10.4. The first kappa shape index (κ1) is 25.4. The maximum Gasteiger partial charge on any atom is 0.193 e. The summed E-state index contributed by atoms with van der Waals surface area (Å²) < 4.78 is 11.5. The van der Waals surface area contributed by atoms with Crippen molar-refractivity contribution in [3.05, 3.63) is 35.9 Å². The molecule has 2 aliphatic heterocycles. The van der Waals surface area contributed by atoms with Crippen molar-refractivity contribution in [1.82, 2.24) is 15.1 Å². The van der Waals surface area contributed by atoms with Gasteiger partial charge in [-0.05, 0) is 32.8 Å². The fraction of sp³-hybridized carbons (Fsp3) is 0.696. The van der Waals surface area contributed by atoms with Crippen LogP contribution in [-0.4, -0.2) is 80.4 Å². The number of hydrogen-bond acceptors (Lipinski definition) is 4. The largest absolute Gasteiger partial charge is 0.379 e. The Kier molecular flexibility index (Phi) is 10.8. The molecule has 3 rings (SSSR count). The number of nitrogens with zero attached hydrogens (tertiary/aromatic N) is 3. The average molecular weight is 530 g/mol. The van der Waals surface area contributed by atoms with Crippen molar-refractivity contribution in [2.24, 2.45) is 10.9 Å². The highest BCUT2D eigenvalue weighted by Crippen LogP contribution is 2.20. The molecular weight excluding hydrogens is 491 g/mol. The number of halogens is 1. The molecule has 30 heavy (non-hydrogen) atoms. The second-order valence-corrected chi connectivity index (χ2v) is 8.68. The minimum atomic E-state index is 0. The Morgan fingerprint density at radius 3 is 2.63 bits per heavy atom. The molecule has 6 nitrogen and oxygen atoms in total. The summed E-state index contributed by atoms with van der Waals surface area (Å²) in [5, 5.41) is 3.49. The summed E-state index contributed by atoms with van der Waals surface area (Å²) in [7, 11) is 0. The highest BCUT2D eigenvalue weighted by atomic mass is 127. The van der Waals surface area contributed by atoms with E-state index in [0.29, 0.717) is 12.5 Å². The van der Waals surface area contributed by atoms with Crippen molar-refractivity contribution in [1.29, 1.82) is 0 Å². The predicted octanol–water partition coefficient (Wildman–Crippen LogP) is 3.22. The second kappa shape index (κ2) is 12.8. The van der Waals surface area contributed by atoms with E-state index in [9.17, 15) is 0 Å². The fourth-order valence-electron chi connectivity index (χ4n) is 4.04. The lowest BCUT2D eigenvalue weighted by Gasteiger charge is -2.40. The van der Waals surface area contributed by atoms with E-state index in [2.05, 4.69) is 60.2 Å². The van der Waals surface area contributed by atoms with Gasteiger partial charge in [0.2, 0.25) is 0 Å². The van der Waals surface area contributed by atoms with Gasteiger partial charge in [0.1, 0.15) is 0 Å². The number of ether oxygens (including phenoxy) is 2. The number of benzene rings is 1. The van der Waals surface area contributed by atoms with Crippen LogP contribution in [0.2, 0.25) is 0 Å². The molecule has 0 aliphatic carbocycles. The maximum atomic E-state index is 5.98. The lowest BCUT2D eigenvalue weighted by Crippen LogP contribution is -2.52. The molecule has 1 atom stereocenters. The summed E-state index contributed by atoms with van der Waals surface area (Å²) in [6.07, 6.45) is 1.16. The molecule has 2 fully saturated rings. The summed E-state index contributed by atoms with van der Waals surface area (Å²) in [4.78, 5) is 9.90. The molecule has 1 aromatic rings. The van der Waals surface area contributed by atoms with Gasteiger partial charge in [-0.2, -0.15) is 0 Å². The molecule has 7 heteroatoms. The molecule has 2 heterocycles. The van der Waals surface area contributed by atoms with E-state index in [1.807, 2.05) is 6.07 Å². The first-order valence-electron chi connectivity index (χ1n) is 11.1. The molecule has 0 saturated carbocycles. The lowest BCUT2D eigenvalue weighted by molar-refractivity contribution is -0.00688. The first-order valence-corrected chi connectivity index (χ1v) is 11.1. The van der Waals surface area contributed by atoms with Crippen LogP contribution < -0.4 is 5.32 Å². The molecular formula is C23H39IN4O2. The molecule has 0 aromatic heterocycles. The molecule has 0 bridgehead atoms. The first-order chi connectivity index (χ1) is 14.1. The minimum absolute atomic E-state index is 0. The standard InChI is InChI=1S/C23H38N4O2.HI/c1-4-24-22(25-19-23(2,3)27-12-14-28-15-13-27)26-11-10-21(16-26)18-29-17-20-8-6-5-7-9-20;/h5-9,21H,4,10-19H2,1-3H3,(H,24,25);1H. The summed E-state index contributed by atoms with van der Waals surface area (Å²) in [6.45, 7) is 15.6. The number of morpholine rings is 1.